The number of rotatable bonds is 7. The quantitative estimate of drug-likeness (QED) is 0.708. The molecule has 1 N–H and O–H groups in total. The summed E-state index contributed by atoms with van der Waals surface area (Å²) >= 11 is 0. The molecule has 0 unspecified atom stereocenters. The first-order valence-corrected chi connectivity index (χ1v) is 12.5. The minimum atomic E-state index is -3.58. The van der Waals surface area contributed by atoms with Crippen LogP contribution in [0, 0.1) is 0 Å². The molecule has 1 aliphatic carbocycles. The smallest absolute Gasteiger partial charge is 0.243 e. The van der Waals surface area contributed by atoms with Crippen molar-refractivity contribution in [3.63, 3.8) is 0 Å². The molecule has 3 rings (SSSR count). The average molecular weight is 439 g/mol. The number of benzene rings is 1. The Morgan fingerprint density at radius 1 is 1.13 bits per heavy atom. The predicted octanol–water partition coefficient (Wildman–Crippen LogP) is 2.88. The van der Waals surface area contributed by atoms with Gasteiger partial charge >= 0.3 is 0 Å². The highest BCUT2D eigenvalue weighted by molar-refractivity contribution is 7.89. The largest absolute Gasteiger partial charge is 0.496 e. The number of hydrogen-bond acceptors (Lipinski definition) is 5. The summed E-state index contributed by atoms with van der Waals surface area (Å²) < 4.78 is 38.0. The van der Waals surface area contributed by atoms with Gasteiger partial charge in [-0.05, 0) is 43.0 Å². The molecule has 0 spiro atoms. The first-order valence-electron chi connectivity index (χ1n) is 11.0. The fraction of sp³-hybridized carbons (Fsp3) is 0.682. The summed E-state index contributed by atoms with van der Waals surface area (Å²) in [5.74, 6) is 0.624. The number of nitrogens with one attached hydrogen (secondary N) is 1. The number of hydrogen-bond donors (Lipinski definition) is 1. The van der Waals surface area contributed by atoms with Crippen molar-refractivity contribution in [2.24, 2.45) is 0 Å². The molecule has 8 heteroatoms. The van der Waals surface area contributed by atoms with E-state index in [1.165, 1.54) is 36.4 Å². The number of methoxy groups -OCH3 is 1. The Hall–Kier alpha value is -1.64. The van der Waals surface area contributed by atoms with Gasteiger partial charge in [0.15, 0.2) is 0 Å². The molecule has 1 amide bonds. The Morgan fingerprint density at radius 2 is 1.80 bits per heavy atom. The first kappa shape index (κ1) is 23.0. The minimum absolute atomic E-state index is 0.0177. The zero-order chi connectivity index (χ0) is 21.4. The van der Waals surface area contributed by atoms with Crippen molar-refractivity contribution in [2.45, 2.75) is 68.7 Å². The average Bonchev–Trinajstić information content (AvgIpc) is 2.74. The van der Waals surface area contributed by atoms with Crippen LogP contribution in [-0.2, 0) is 26.0 Å². The second-order valence-electron chi connectivity index (χ2n) is 8.10. The highest BCUT2D eigenvalue weighted by atomic mass is 32.2. The summed E-state index contributed by atoms with van der Waals surface area (Å²) in [5, 5.41) is 3.17. The molecule has 1 saturated carbocycles. The van der Waals surface area contributed by atoms with Gasteiger partial charge in [0.05, 0.1) is 25.2 Å². The third-order valence-corrected chi connectivity index (χ3v) is 7.85. The molecule has 2 fully saturated rings. The molecule has 1 aromatic rings. The molecule has 1 aromatic carbocycles. The lowest BCUT2D eigenvalue weighted by Gasteiger charge is -2.26. The zero-order valence-corrected chi connectivity index (χ0v) is 18.7. The van der Waals surface area contributed by atoms with Crippen LogP contribution in [0.2, 0.25) is 0 Å². The van der Waals surface area contributed by atoms with Gasteiger partial charge < -0.3 is 14.8 Å². The van der Waals surface area contributed by atoms with Crippen LogP contribution in [0.3, 0.4) is 0 Å². The lowest BCUT2D eigenvalue weighted by Crippen LogP contribution is -2.40. The summed E-state index contributed by atoms with van der Waals surface area (Å²) in [6.07, 6.45) is 8.96. The minimum Gasteiger partial charge on any atom is -0.496 e. The van der Waals surface area contributed by atoms with Gasteiger partial charge in [-0.3, -0.25) is 4.79 Å². The van der Waals surface area contributed by atoms with Gasteiger partial charge in [0, 0.05) is 25.6 Å². The van der Waals surface area contributed by atoms with E-state index in [0.29, 0.717) is 44.9 Å². The maximum Gasteiger partial charge on any atom is 0.243 e. The molecule has 0 atom stereocenters. The molecular weight excluding hydrogens is 404 g/mol. The molecule has 0 radical (unpaired) electrons. The Labute approximate surface area is 180 Å². The summed E-state index contributed by atoms with van der Waals surface area (Å²) in [6.45, 7) is 1.52. The SMILES string of the molecule is COc1ccc(S(=O)(=O)N2CCOCC2)cc1CCC(=O)NC1CCCCCCC1. The number of nitrogens with zero attached hydrogens (tertiary/aromatic N) is 1. The van der Waals surface area contributed by atoms with E-state index >= 15 is 0 Å². The maximum atomic E-state index is 13.0. The van der Waals surface area contributed by atoms with Gasteiger partial charge in [0.25, 0.3) is 0 Å². The van der Waals surface area contributed by atoms with Crippen LogP contribution in [0.1, 0.15) is 56.9 Å². The van der Waals surface area contributed by atoms with E-state index in [4.69, 9.17) is 9.47 Å². The van der Waals surface area contributed by atoms with Crippen molar-refractivity contribution in [3.05, 3.63) is 23.8 Å². The van der Waals surface area contributed by atoms with Crippen molar-refractivity contribution in [3.8, 4) is 5.75 Å². The van der Waals surface area contributed by atoms with Crippen LogP contribution in [0.5, 0.6) is 5.75 Å². The second-order valence-corrected chi connectivity index (χ2v) is 10.0. The molecule has 0 aromatic heterocycles. The molecule has 30 heavy (non-hydrogen) atoms. The summed E-state index contributed by atoms with van der Waals surface area (Å²) in [6, 6.07) is 5.15. The lowest BCUT2D eigenvalue weighted by atomic mass is 9.96. The number of sulfonamides is 1. The fourth-order valence-electron chi connectivity index (χ4n) is 4.20. The third kappa shape index (κ3) is 6.18. The van der Waals surface area contributed by atoms with Crippen LogP contribution in [-0.4, -0.2) is 58.1 Å². The van der Waals surface area contributed by atoms with Crippen LogP contribution in [0.15, 0.2) is 23.1 Å². The van der Waals surface area contributed by atoms with Crippen molar-refractivity contribution in [1.82, 2.24) is 9.62 Å². The molecule has 0 bridgehead atoms. The number of ether oxygens (including phenoxy) is 2. The number of morpholine rings is 1. The van der Waals surface area contributed by atoms with E-state index < -0.39 is 10.0 Å². The van der Waals surface area contributed by atoms with Crippen molar-refractivity contribution < 1.29 is 22.7 Å². The number of amides is 1. The van der Waals surface area contributed by atoms with E-state index in [9.17, 15) is 13.2 Å². The molecular formula is C22H34N2O5S. The van der Waals surface area contributed by atoms with Crippen LogP contribution >= 0.6 is 0 Å². The van der Waals surface area contributed by atoms with Crippen molar-refractivity contribution >= 4 is 15.9 Å². The third-order valence-electron chi connectivity index (χ3n) is 5.95. The van der Waals surface area contributed by atoms with Gasteiger partial charge in [0.2, 0.25) is 15.9 Å². The molecule has 2 aliphatic rings. The Kier molecular flexibility index (Phi) is 8.53. The fourth-order valence-corrected chi connectivity index (χ4v) is 5.65. The van der Waals surface area contributed by atoms with Gasteiger partial charge in [-0.2, -0.15) is 4.31 Å². The summed E-state index contributed by atoms with van der Waals surface area (Å²) in [7, 11) is -2.02. The van der Waals surface area contributed by atoms with Crippen molar-refractivity contribution in [2.75, 3.05) is 33.4 Å². The normalized spacial score (nSPS) is 19.6. The van der Waals surface area contributed by atoms with Crippen LogP contribution < -0.4 is 10.1 Å². The van der Waals surface area contributed by atoms with Gasteiger partial charge in [-0.15, -0.1) is 0 Å². The van der Waals surface area contributed by atoms with Crippen molar-refractivity contribution in [1.29, 1.82) is 0 Å². The summed E-state index contributed by atoms with van der Waals surface area (Å²) in [5.41, 5.74) is 0.736. The predicted molar refractivity (Wildman–Crippen MR) is 115 cm³/mol. The maximum absolute atomic E-state index is 13.0. The zero-order valence-electron chi connectivity index (χ0n) is 17.9. The Morgan fingerprint density at radius 3 is 2.47 bits per heavy atom. The topological polar surface area (TPSA) is 84.9 Å². The van der Waals surface area contributed by atoms with E-state index in [1.54, 1.807) is 25.3 Å². The molecule has 168 valence electrons. The van der Waals surface area contributed by atoms with Crippen LogP contribution in [0.4, 0.5) is 0 Å². The molecule has 1 aliphatic heterocycles. The van der Waals surface area contributed by atoms with E-state index in [-0.39, 0.29) is 16.8 Å². The van der Waals surface area contributed by atoms with Crippen LogP contribution in [0.25, 0.3) is 0 Å². The molecule has 1 saturated heterocycles. The Balaban J connectivity index is 1.64. The van der Waals surface area contributed by atoms with E-state index in [2.05, 4.69) is 5.32 Å². The van der Waals surface area contributed by atoms with E-state index in [1.807, 2.05) is 0 Å². The lowest BCUT2D eigenvalue weighted by molar-refractivity contribution is -0.121. The monoisotopic (exact) mass is 438 g/mol. The summed E-state index contributed by atoms with van der Waals surface area (Å²) in [4.78, 5) is 12.8. The highest BCUT2D eigenvalue weighted by Crippen LogP contribution is 2.26. The first-order chi connectivity index (χ1) is 14.5. The molecule has 1 heterocycles. The number of aryl methyl sites for hydroxylation is 1. The van der Waals surface area contributed by atoms with E-state index in [0.717, 1.165) is 18.4 Å². The Bertz CT molecular complexity index is 798. The number of carbonyl (C=O) groups is 1. The second kappa shape index (κ2) is 11.1. The highest BCUT2D eigenvalue weighted by Gasteiger charge is 2.27. The van der Waals surface area contributed by atoms with Gasteiger partial charge in [-0.1, -0.05) is 32.1 Å². The number of carbonyl (C=O) groups excluding carboxylic acids is 1. The standard InChI is InChI=1S/C22H34N2O5S/c1-28-21-11-10-20(30(26,27)24-13-15-29-16-14-24)17-18(21)9-12-22(25)23-19-7-5-3-2-4-6-8-19/h10-11,17,19H,2-9,12-16H2,1H3,(H,23,25). The van der Waals surface area contributed by atoms with Gasteiger partial charge in [-0.25, -0.2) is 8.42 Å². The van der Waals surface area contributed by atoms with Gasteiger partial charge in [0.1, 0.15) is 5.75 Å². The molecule has 7 nitrogen and oxygen atoms in total.